The first-order valence-corrected chi connectivity index (χ1v) is 3.97. The number of nitrogens with one attached hydrogen (secondary N) is 1. The monoisotopic (exact) mass is 188 g/mol. The van der Waals surface area contributed by atoms with Gasteiger partial charge in [-0.25, -0.2) is 0 Å². The van der Waals surface area contributed by atoms with E-state index in [9.17, 15) is 0 Å². The third-order valence-corrected chi connectivity index (χ3v) is 2.10. The molecule has 2 rings (SSSR count). The van der Waals surface area contributed by atoms with Crippen LogP contribution in [-0.4, -0.2) is 48.2 Å². The fourth-order valence-corrected chi connectivity index (χ4v) is 1.40. The standard InChI is InChI=1S/C6H12N4O3/c1-10-3(5(7)9-13-10)4-6(12-4)8-2-11/h3-4,6,8,11H,2H2,1H3,(H2,7,9). The van der Waals surface area contributed by atoms with Crippen LogP contribution in [0.4, 0.5) is 0 Å². The average molecular weight is 188 g/mol. The second-order valence-corrected chi connectivity index (χ2v) is 2.97. The third-order valence-electron chi connectivity index (χ3n) is 2.10. The van der Waals surface area contributed by atoms with Crippen molar-refractivity contribution in [1.29, 1.82) is 0 Å². The molecule has 0 aromatic carbocycles. The number of likely N-dealkylation sites (N-methyl/N-ethyl adjacent to an activating group) is 1. The van der Waals surface area contributed by atoms with E-state index in [1.165, 1.54) is 5.06 Å². The normalized spacial score (nSPS) is 38.6. The number of ether oxygens (including phenoxy) is 1. The van der Waals surface area contributed by atoms with E-state index in [2.05, 4.69) is 10.5 Å². The maximum atomic E-state index is 8.57. The molecule has 2 aliphatic heterocycles. The molecule has 4 N–H and O–H groups in total. The summed E-state index contributed by atoms with van der Waals surface area (Å²) in [4.78, 5) is 4.83. The molecule has 0 bridgehead atoms. The Morgan fingerprint density at radius 3 is 3.08 bits per heavy atom. The van der Waals surface area contributed by atoms with Crippen LogP contribution in [0.2, 0.25) is 0 Å². The van der Waals surface area contributed by atoms with Crippen molar-refractivity contribution in [2.45, 2.75) is 18.4 Å². The zero-order valence-electron chi connectivity index (χ0n) is 7.17. The number of nitrogens with zero attached hydrogens (tertiary/aromatic N) is 2. The highest BCUT2D eigenvalue weighted by atomic mass is 16.8. The molecule has 0 aromatic heterocycles. The van der Waals surface area contributed by atoms with Gasteiger partial charge in [0.2, 0.25) is 0 Å². The molecule has 74 valence electrons. The van der Waals surface area contributed by atoms with Gasteiger partial charge in [0.15, 0.2) is 5.84 Å². The Balaban J connectivity index is 1.92. The Morgan fingerprint density at radius 1 is 1.77 bits per heavy atom. The van der Waals surface area contributed by atoms with Gasteiger partial charge < -0.3 is 15.6 Å². The van der Waals surface area contributed by atoms with E-state index in [-0.39, 0.29) is 25.1 Å². The number of hydrogen-bond donors (Lipinski definition) is 3. The highest BCUT2D eigenvalue weighted by Gasteiger charge is 2.51. The Kier molecular flexibility index (Phi) is 2.08. The van der Waals surface area contributed by atoms with Crippen molar-refractivity contribution in [3.05, 3.63) is 0 Å². The van der Waals surface area contributed by atoms with E-state index < -0.39 is 0 Å². The van der Waals surface area contributed by atoms with Crippen LogP contribution in [0.5, 0.6) is 0 Å². The van der Waals surface area contributed by atoms with Crippen LogP contribution in [0.1, 0.15) is 0 Å². The molecule has 0 aromatic rings. The minimum absolute atomic E-state index is 0.0941. The lowest BCUT2D eigenvalue weighted by Crippen LogP contribution is -2.42. The van der Waals surface area contributed by atoms with E-state index in [4.69, 9.17) is 20.5 Å². The Labute approximate surface area is 75.0 Å². The van der Waals surface area contributed by atoms with Gasteiger partial charge in [-0.15, -0.1) is 5.06 Å². The van der Waals surface area contributed by atoms with Crippen molar-refractivity contribution in [2.75, 3.05) is 13.8 Å². The van der Waals surface area contributed by atoms with Crippen molar-refractivity contribution in [2.24, 2.45) is 10.9 Å². The van der Waals surface area contributed by atoms with Crippen LogP contribution in [-0.2, 0) is 9.68 Å². The lowest BCUT2D eigenvalue weighted by molar-refractivity contribution is -0.134. The summed E-state index contributed by atoms with van der Waals surface area (Å²) in [5.74, 6) is 0.398. The molecule has 1 saturated heterocycles. The predicted octanol–water partition coefficient (Wildman–Crippen LogP) is -2.23. The molecule has 0 saturated carbocycles. The minimum Gasteiger partial charge on any atom is -0.383 e. The Bertz CT molecular complexity index is 234. The average Bonchev–Trinajstić information content (AvgIpc) is 2.74. The van der Waals surface area contributed by atoms with Crippen molar-refractivity contribution in [3.63, 3.8) is 0 Å². The number of hydrogen-bond acceptors (Lipinski definition) is 7. The van der Waals surface area contributed by atoms with Crippen LogP contribution in [0.3, 0.4) is 0 Å². The van der Waals surface area contributed by atoms with Gasteiger partial charge in [-0.1, -0.05) is 0 Å². The van der Waals surface area contributed by atoms with E-state index in [1.807, 2.05) is 0 Å². The largest absolute Gasteiger partial charge is 0.383 e. The molecule has 3 atom stereocenters. The molecule has 7 heteroatoms. The molecule has 0 aliphatic carbocycles. The number of nitrogens with two attached hydrogens (primary N) is 1. The summed E-state index contributed by atoms with van der Waals surface area (Å²) in [5.41, 5.74) is 5.58. The van der Waals surface area contributed by atoms with Crippen LogP contribution < -0.4 is 11.1 Å². The van der Waals surface area contributed by atoms with Crippen LogP contribution in [0, 0.1) is 0 Å². The van der Waals surface area contributed by atoms with Crippen LogP contribution >= 0.6 is 0 Å². The van der Waals surface area contributed by atoms with E-state index in [0.29, 0.717) is 5.84 Å². The van der Waals surface area contributed by atoms with Gasteiger partial charge in [-0.05, 0) is 5.16 Å². The zero-order chi connectivity index (χ0) is 9.42. The van der Waals surface area contributed by atoms with Crippen molar-refractivity contribution < 1.29 is 14.8 Å². The second-order valence-electron chi connectivity index (χ2n) is 2.97. The van der Waals surface area contributed by atoms with Crippen molar-refractivity contribution in [1.82, 2.24) is 10.4 Å². The molecule has 0 amide bonds. The molecular weight excluding hydrogens is 176 g/mol. The molecule has 0 spiro atoms. The number of rotatable bonds is 3. The van der Waals surface area contributed by atoms with Crippen molar-refractivity contribution in [3.8, 4) is 0 Å². The first-order valence-electron chi connectivity index (χ1n) is 3.97. The molecule has 3 unspecified atom stereocenters. The highest BCUT2D eigenvalue weighted by molar-refractivity contribution is 5.87. The summed E-state index contributed by atoms with van der Waals surface area (Å²) in [5, 5.41) is 16.4. The summed E-state index contributed by atoms with van der Waals surface area (Å²) in [6.45, 7) is -0.116. The fraction of sp³-hybridized carbons (Fsp3) is 0.833. The number of hydroxylamine groups is 2. The molecule has 0 radical (unpaired) electrons. The number of oxime groups is 1. The molecule has 2 aliphatic rings. The Morgan fingerprint density at radius 2 is 2.54 bits per heavy atom. The van der Waals surface area contributed by atoms with Gasteiger partial charge in [-0.3, -0.25) is 10.3 Å². The molecule has 2 heterocycles. The van der Waals surface area contributed by atoms with Crippen molar-refractivity contribution >= 4 is 5.84 Å². The molecule has 1 fully saturated rings. The Hall–Kier alpha value is -0.890. The summed E-state index contributed by atoms with van der Waals surface area (Å²) < 4.78 is 5.23. The smallest absolute Gasteiger partial charge is 0.165 e. The molecule has 13 heavy (non-hydrogen) atoms. The van der Waals surface area contributed by atoms with Gasteiger partial charge >= 0.3 is 0 Å². The van der Waals surface area contributed by atoms with Crippen LogP contribution in [0.25, 0.3) is 0 Å². The summed E-state index contributed by atoms with van der Waals surface area (Å²) in [7, 11) is 1.73. The van der Waals surface area contributed by atoms with Gasteiger partial charge in [0.1, 0.15) is 18.4 Å². The van der Waals surface area contributed by atoms with Gasteiger partial charge in [0.25, 0.3) is 0 Å². The quantitative estimate of drug-likeness (QED) is 0.342. The summed E-state index contributed by atoms with van der Waals surface area (Å²) in [6, 6.07) is -0.163. The minimum atomic E-state index is -0.163. The van der Waals surface area contributed by atoms with Gasteiger partial charge in [-0.2, -0.15) is 0 Å². The first kappa shape index (κ1) is 8.70. The third kappa shape index (κ3) is 1.46. The number of aliphatic hydroxyl groups is 1. The number of aliphatic hydroxyl groups excluding tert-OH is 1. The lowest BCUT2D eigenvalue weighted by Gasteiger charge is -2.13. The first-order chi connectivity index (χ1) is 6.24. The maximum absolute atomic E-state index is 8.57. The van der Waals surface area contributed by atoms with E-state index in [1.54, 1.807) is 7.05 Å². The van der Waals surface area contributed by atoms with Crippen LogP contribution in [0.15, 0.2) is 5.16 Å². The molecule has 7 nitrogen and oxygen atoms in total. The number of amidine groups is 1. The lowest BCUT2D eigenvalue weighted by atomic mass is 10.2. The molecular formula is C6H12N4O3. The summed E-state index contributed by atoms with van der Waals surface area (Å²) >= 11 is 0. The zero-order valence-corrected chi connectivity index (χ0v) is 7.17. The second kappa shape index (κ2) is 3.11. The van der Waals surface area contributed by atoms with E-state index in [0.717, 1.165) is 0 Å². The van der Waals surface area contributed by atoms with Gasteiger partial charge in [0.05, 0.1) is 6.73 Å². The van der Waals surface area contributed by atoms with Gasteiger partial charge in [0, 0.05) is 7.05 Å². The number of epoxide rings is 1. The highest BCUT2D eigenvalue weighted by Crippen LogP contribution is 2.28. The van der Waals surface area contributed by atoms with E-state index >= 15 is 0 Å². The summed E-state index contributed by atoms with van der Waals surface area (Å²) in [6.07, 6.45) is -0.253. The fourth-order valence-electron chi connectivity index (χ4n) is 1.40. The SMILES string of the molecule is CN1ON=C(N)C1C1OC1NCO. The predicted molar refractivity (Wildman–Crippen MR) is 43.1 cm³/mol. The maximum Gasteiger partial charge on any atom is 0.165 e. The topological polar surface area (TPSA) is 95.6 Å².